The van der Waals surface area contributed by atoms with E-state index in [1.807, 2.05) is 6.92 Å². The Morgan fingerprint density at radius 2 is 1.94 bits per heavy atom. The van der Waals surface area contributed by atoms with Gasteiger partial charge in [-0.1, -0.05) is 13.0 Å². The maximum Gasteiger partial charge on any atom is 0.310 e. The lowest BCUT2D eigenvalue weighted by molar-refractivity contribution is -0.153. The van der Waals surface area contributed by atoms with Crippen LogP contribution in [0.25, 0.3) is 0 Å². The van der Waals surface area contributed by atoms with Gasteiger partial charge in [0.2, 0.25) is 0 Å². The summed E-state index contributed by atoms with van der Waals surface area (Å²) in [4.78, 5) is 24.1. The number of carbonyl (C=O) groups excluding carboxylic acids is 2. The molecule has 0 amide bonds. The minimum atomic E-state index is -4.15. The zero-order valence-electron chi connectivity index (χ0n) is 22.1. The Labute approximate surface area is 212 Å². The molecule has 2 heterocycles. The monoisotopic (exact) mass is 521 g/mol. The molecule has 10 nitrogen and oxygen atoms in total. The number of esters is 1. The van der Waals surface area contributed by atoms with Crippen molar-refractivity contribution in [2.75, 3.05) is 18.0 Å². The maximum absolute atomic E-state index is 14.1. The summed E-state index contributed by atoms with van der Waals surface area (Å²) in [5, 5.41) is 4.18. The van der Waals surface area contributed by atoms with Crippen LogP contribution < -0.4 is 13.8 Å². The van der Waals surface area contributed by atoms with Gasteiger partial charge in [0.15, 0.2) is 4.90 Å². The third-order valence-electron chi connectivity index (χ3n) is 5.92. The van der Waals surface area contributed by atoms with Gasteiger partial charge >= 0.3 is 5.97 Å². The van der Waals surface area contributed by atoms with Crippen molar-refractivity contribution in [2.24, 2.45) is 13.0 Å². The van der Waals surface area contributed by atoms with Crippen LogP contribution in [-0.4, -0.2) is 55.3 Å². The number of Topliss-reactive ketones (excluding diaryl/α,β-unsaturated/α-hetero) is 1. The third kappa shape index (κ3) is 5.83. The van der Waals surface area contributed by atoms with Crippen molar-refractivity contribution >= 4 is 27.5 Å². The van der Waals surface area contributed by atoms with Crippen LogP contribution in [0.1, 0.15) is 52.3 Å². The molecule has 1 aromatic heterocycles. The van der Waals surface area contributed by atoms with E-state index >= 15 is 0 Å². The van der Waals surface area contributed by atoms with Crippen LogP contribution in [-0.2, 0) is 37.8 Å². The number of sulfonamides is 1. The predicted molar refractivity (Wildman–Crippen MR) is 134 cm³/mol. The minimum absolute atomic E-state index is 0.0104. The molecule has 0 spiro atoms. The van der Waals surface area contributed by atoms with Crippen molar-refractivity contribution in [3.05, 3.63) is 29.5 Å². The Kier molecular flexibility index (Phi) is 7.73. The molecule has 36 heavy (non-hydrogen) atoms. The molecule has 2 atom stereocenters. The zero-order chi connectivity index (χ0) is 27.0. The second kappa shape index (κ2) is 10.1. The molecule has 0 bridgehead atoms. The standard InChI is InChI=1S/C25H35N3O7S/c1-15(11-16(2)29)21-14-28(36(31,32)23-17(3)27(7)26-24(23)33-8)19-12-18(9-10-20(19)34-21)13-22(30)35-25(4,5)6/h9-10,12,15,21H,11,13-14H2,1-8H3/t15-,21-/m1/s1. The summed E-state index contributed by atoms with van der Waals surface area (Å²) in [5.74, 6) is -0.332. The molecule has 3 rings (SSSR count). The van der Waals surface area contributed by atoms with Crippen LogP contribution in [0.3, 0.4) is 0 Å². The molecule has 1 aliphatic rings. The first-order valence-corrected chi connectivity index (χ1v) is 13.2. The van der Waals surface area contributed by atoms with Crippen LogP contribution in [0.5, 0.6) is 11.6 Å². The Morgan fingerprint density at radius 1 is 1.28 bits per heavy atom. The van der Waals surface area contributed by atoms with Crippen LogP contribution in [0.15, 0.2) is 23.1 Å². The summed E-state index contributed by atoms with van der Waals surface area (Å²) in [7, 11) is -1.15. The first-order chi connectivity index (χ1) is 16.6. The number of ether oxygens (including phenoxy) is 3. The molecule has 0 unspecified atom stereocenters. The van der Waals surface area contributed by atoms with Gasteiger partial charge in [-0.05, 0) is 52.3 Å². The number of rotatable bonds is 8. The number of methoxy groups -OCH3 is 1. The molecular weight excluding hydrogens is 486 g/mol. The molecule has 1 aliphatic heterocycles. The third-order valence-corrected chi connectivity index (χ3v) is 7.83. The highest BCUT2D eigenvalue weighted by molar-refractivity contribution is 7.93. The molecule has 0 aliphatic carbocycles. The summed E-state index contributed by atoms with van der Waals surface area (Å²) in [5.41, 5.74) is 0.654. The van der Waals surface area contributed by atoms with E-state index in [2.05, 4.69) is 5.10 Å². The Bertz CT molecular complexity index is 1260. The number of benzene rings is 1. The highest BCUT2D eigenvalue weighted by Gasteiger charge is 2.40. The molecule has 1 aromatic carbocycles. The van der Waals surface area contributed by atoms with Crippen molar-refractivity contribution in [3.63, 3.8) is 0 Å². The zero-order valence-corrected chi connectivity index (χ0v) is 22.9. The summed E-state index contributed by atoms with van der Waals surface area (Å²) < 4.78 is 47.7. The van der Waals surface area contributed by atoms with Crippen molar-refractivity contribution in [2.45, 2.75) is 71.0 Å². The average Bonchev–Trinajstić information content (AvgIpc) is 3.05. The Morgan fingerprint density at radius 3 is 2.53 bits per heavy atom. The number of aryl methyl sites for hydroxylation is 1. The average molecular weight is 522 g/mol. The lowest BCUT2D eigenvalue weighted by atomic mass is 9.97. The van der Waals surface area contributed by atoms with Gasteiger partial charge in [0.1, 0.15) is 23.2 Å². The van der Waals surface area contributed by atoms with Gasteiger partial charge in [0, 0.05) is 19.4 Å². The van der Waals surface area contributed by atoms with E-state index in [-0.39, 0.29) is 41.9 Å². The van der Waals surface area contributed by atoms with Gasteiger partial charge in [-0.25, -0.2) is 8.42 Å². The summed E-state index contributed by atoms with van der Waals surface area (Å²) in [6.07, 6.45) is -0.339. The fourth-order valence-electron chi connectivity index (χ4n) is 4.18. The van der Waals surface area contributed by atoms with Crippen molar-refractivity contribution in [1.29, 1.82) is 0 Å². The quantitative estimate of drug-likeness (QED) is 0.486. The van der Waals surface area contributed by atoms with Gasteiger partial charge in [0.05, 0.1) is 31.5 Å². The summed E-state index contributed by atoms with van der Waals surface area (Å²) >= 11 is 0. The molecule has 0 radical (unpaired) electrons. The van der Waals surface area contributed by atoms with Gasteiger partial charge in [-0.2, -0.15) is 0 Å². The predicted octanol–water partition coefficient (Wildman–Crippen LogP) is 3.19. The Hall–Kier alpha value is -3.08. The normalized spacial score (nSPS) is 16.7. The van der Waals surface area contributed by atoms with Gasteiger partial charge in [0.25, 0.3) is 15.9 Å². The lowest BCUT2D eigenvalue weighted by Crippen LogP contribution is -2.46. The minimum Gasteiger partial charge on any atom is -0.486 e. The van der Waals surface area contributed by atoms with Crippen LogP contribution >= 0.6 is 0 Å². The second-order valence-corrected chi connectivity index (χ2v) is 12.0. The summed E-state index contributed by atoms with van der Waals surface area (Å²) in [6, 6.07) is 4.99. The fourth-order valence-corrected chi connectivity index (χ4v) is 6.00. The Balaban J connectivity index is 2.09. The number of aromatic nitrogens is 2. The fraction of sp³-hybridized carbons (Fsp3) is 0.560. The smallest absolute Gasteiger partial charge is 0.310 e. The number of anilines is 1. The number of carbonyl (C=O) groups is 2. The SMILES string of the molecule is COc1nn(C)c(C)c1S(=O)(=O)N1C[C@H]([C@H](C)CC(C)=O)Oc2ccc(CC(=O)OC(C)(C)C)cc21. The molecule has 0 N–H and O–H groups in total. The largest absolute Gasteiger partial charge is 0.486 e. The van der Waals surface area contributed by atoms with E-state index in [0.29, 0.717) is 22.7 Å². The van der Waals surface area contributed by atoms with E-state index < -0.39 is 27.7 Å². The van der Waals surface area contributed by atoms with Gasteiger partial charge < -0.3 is 19.0 Å². The molecule has 0 saturated heterocycles. The van der Waals surface area contributed by atoms with E-state index in [4.69, 9.17) is 14.2 Å². The molecule has 198 valence electrons. The topological polar surface area (TPSA) is 117 Å². The van der Waals surface area contributed by atoms with Gasteiger partial charge in [-0.15, -0.1) is 5.10 Å². The number of ketones is 1. The molecule has 0 saturated carbocycles. The van der Waals surface area contributed by atoms with Crippen molar-refractivity contribution in [3.8, 4) is 11.6 Å². The number of hydrogen-bond donors (Lipinski definition) is 0. The number of hydrogen-bond acceptors (Lipinski definition) is 8. The lowest BCUT2D eigenvalue weighted by Gasteiger charge is -2.38. The summed E-state index contributed by atoms with van der Waals surface area (Å²) in [6.45, 7) is 10.3. The molecule has 11 heteroatoms. The number of nitrogens with zero attached hydrogens (tertiary/aromatic N) is 3. The highest BCUT2D eigenvalue weighted by Crippen LogP contribution is 2.41. The van der Waals surface area contributed by atoms with Crippen LogP contribution in [0, 0.1) is 12.8 Å². The van der Waals surface area contributed by atoms with E-state index in [0.717, 1.165) is 0 Å². The molecule has 2 aromatic rings. The second-order valence-electron chi connectivity index (χ2n) is 10.2. The van der Waals surface area contributed by atoms with Gasteiger partial charge in [-0.3, -0.25) is 13.8 Å². The van der Waals surface area contributed by atoms with Crippen LogP contribution in [0.2, 0.25) is 0 Å². The number of fused-ring (bicyclic) bond motifs is 1. The molecular formula is C25H35N3O7S. The van der Waals surface area contributed by atoms with E-state index in [9.17, 15) is 18.0 Å². The maximum atomic E-state index is 14.1. The van der Waals surface area contributed by atoms with E-state index in [1.165, 1.54) is 23.0 Å². The van der Waals surface area contributed by atoms with Crippen molar-refractivity contribution < 1.29 is 32.2 Å². The highest BCUT2D eigenvalue weighted by atomic mass is 32.2. The first-order valence-electron chi connectivity index (χ1n) is 11.7. The molecule has 0 fully saturated rings. The van der Waals surface area contributed by atoms with Crippen LogP contribution in [0.4, 0.5) is 5.69 Å². The first kappa shape index (κ1) is 27.5. The van der Waals surface area contributed by atoms with Crippen molar-refractivity contribution in [1.82, 2.24) is 9.78 Å². The van der Waals surface area contributed by atoms with E-state index in [1.54, 1.807) is 52.9 Å².